The Balaban J connectivity index is 1.77. The normalized spacial score (nSPS) is 12.7. The topological polar surface area (TPSA) is 84.9 Å². The van der Waals surface area contributed by atoms with E-state index in [0.717, 1.165) is 5.56 Å². The maximum absolute atomic E-state index is 12.9. The van der Waals surface area contributed by atoms with Crippen LogP contribution in [0.15, 0.2) is 42.5 Å². The minimum absolute atomic E-state index is 0.0314. The zero-order chi connectivity index (χ0) is 19.4. The molecular weight excluding hydrogens is 368 g/mol. The Hall–Kier alpha value is -2.74. The predicted octanol–water partition coefficient (Wildman–Crippen LogP) is 2.84. The molecule has 7 nitrogen and oxygen atoms in total. The second kappa shape index (κ2) is 7.87. The van der Waals surface area contributed by atoms with Crippen molar-refractivity contribution in [1.29, 1.82) is 0 Å². The van der Waals surface area contributed by atoms with E-state index in [1.807, 2.05) is 25.1 Å². The average Bonchev–Trinajstić information content (AvgIpc) is 3.13. The summed E-state index contributed by atoms with van der Waals surface area (Å²) in [7, 11) is -3.40. The first-order valence-electron chi connectivity index (χ1n) is 8.70. The van der Waals surface area contributed by atoms with Crippen molar-refractivity contribution in [2.24, 2.45) is 0 Å². The molecule has 144 valence electrons. The smallest absolute Gasteiger partial charge is 0.254 e. The number of benzene rings is 2. The van der Waals surface area contributed by atoms with Crippen molar-refractivity contribution in [3.8, 4) is 11.5 Å². The van der Waals surface area contributed by atoms with Crippen LogP contribution < -0.4 is 14.2 Å². The van der Waals surface area contributed by atoms with Crippen LogP contribution in [0.5, 0.6) is 11.5 Å². The Morgan fingerprint density at radius 3 is 2.63 bits per heavy atom. The molecule has 1 aliphatic rings. The van der Waals surface area contributed by atoms with Crippen LogP contribution in [0.1, 0.15) is 29.8 Å². The molecule has 0 radical (unpaired) electrons. The van der Waals surface area contributed by atoms with Crippen molar-refractivity contribution in [1.82, 2.24) is 4.90 Å². The van der Waals surface area contributed by atoms with E-state index in [-0.39, 0.29) is 18.5 Å². The quantitative estimate of drug-likeness (QED) is 0.786. The second-order valence-electron chi connectivity index (χ2n) is 6.09. The summed E-state index contributed by atoms with van der Waals surface area (Å²) in [6.45, 7) is 4.58. The predicted molar refractivity (Wildman–Crippen MR) is 103 cm³/mol. The summed E-state index contributed by atoms with van der Waals surface area (Å²) >= 11 is 0. The summed E-state index contributed by atoms with van der Waals surface area (Å²) in [6.07, 6.45) is 0. The van der Waals surface area contributed by atoms with E-state index in [2.05, 4.69) is 4.72 Å². The number of anilines is 1. The molecule has 0 fully saturated rings. The minimum atomic E-state index is -3.40. The van der Waals surface area contributed by atoms with Crippen LogP contribution in [0.4, 0.5) is 5.69 Å². The van der Waals surface area contributed by atoms with Crippen LogP contribution in [-0.4, -0.2) is 38.3 Å². The molecular formula is C19H22N2O5S. The second-order valence-corrected chi connectivity index (χ2v) is 8.10. The van der Waals surface area contributed by atoms with E-state index in [4.69, 9.17) is 9.47 Å². The van der Waals surface area contributed by atoms with Gasteiger partial charge < -0.3 is 14.4 Å². The molecule has 0 aromatic heterocycles. The molecule has 0 unspecified atom stereocenters. The van der Waals surface area contributed by atoms with Crippen LogP contribution in [-0.2, 0) is 16.6 Å². The number of hydrogen-bond acceptors (Lipinski definition) is 5. The van der Waals surface area contributed by atoms with E-state index in [1.54, 1.807) is 36.1 Å². The molecule has 0 spiro atoms. The van der Waals surface area contributed by atoms with Gasteiger partial charge in [-0.3, -0.25) is 9.52 Å². The highest BCUT2D eigenvalue weighted by molar-refractivity contribution is 7.92. The number of carbonyl (C=O) groups excluding carboxylic acids is 1. The van der Waals surface area contributed by atoms with Gasteiger partial charge in [0.1, 0.15) is 0 Å². The fourth-order valence-electron chi connectivity index (χ4n) is 2.74. The third-order valence-corrected chi connectivity index (χ3v) is 5.55. The third-order valence-electron chi connectivity index (χ3n) is 4.24. The van der Waals surface area contributed by atoms with Gasteiger partial charge in [0.05, 0.1) is 5.75 Å². The highest BCUT2D eigenvalue weighted by Crippen LogP contribution is 2.32. The summed E-state index contributed by atoms with van der Waals surface area (Å²) in [4.78, 5) is 14.6. The van der Waals surface area contributed by atoms with Gasteiger partial charge in [0.15, 0.2) is 11.5 Å². The molecule has 1 N–H and O–H groups in total. The molecule has 0 bridgehead atoms. The Morgan fingerprint density at radius 1 is 1.11 bits per heavy atom. The van der Waals surface area contributed by atoms with Gasteiger partial charge in [-0.2, -0.15) is 0 Å². The maximum atomic E-state index is 12.9. The average molecular weight is 390 g/mol. The molecule has 0 aliphatic carbocycles. The van der Waals surface area contributed by atoms with Crippen LogP contribution in [0, 0.1) is 0 Å². The molecule has 0 atom stereocenters. The van der Waals surface area contributed by atoms with Crippen molar-refractivity contribution in [2.45, 2.75) is 20.4 Å². The highest BCUT2D eigenvalue weighted by atomic mass is 32.2. The lowest BCUT2D eigenvalue weighted by Gasteiger charge is -2.21. The molecule has 2 aromatic rings. The van der Waals surface area contributed by atoms with E-state index < -0.39 is 10.0 Å². The molecule has 8 heteroatoms. The molecule has 1 heterocycles. The summed E-state index contributed by atoms with van der Waals surface area (Å²) in [6, 6.07) is 12.1. The van der Waals surface area contributed by atoms with Crippen LogP contribution in [0.3, 0.4) is 0 Å². The van der Waals surface area contributed by atoms with E-state index in [0.29, 0.717) is 35.8 Å². The Morgan fingerprint density at radius 2 is 1.89 bits per heavy atom. The number of fused-ring (bicyclic) bond motifs is 1. The Bertz CT molecular complexity index is 943. The van der Waals surface area contributed by atoms with E-state index >= 15 is 0 Å². The maximum Gasteiger partial charge on any atom is 0.254 e. The first kappa shape index (κ1) is 19.0. The highest BCUT2D eigenvalue weighted by Gasteiger charge is 2.18. The van der Waals surface area contributed by atoms with Gasteiger partial charge in [-0.25, -0.2) is 8.42 Å². The number of carbonyl (C=O) groups is 1. The monoisotopic (exact) mass is 390 g/mol. The molecule has 3 rings (SSSR count). The molecule has 0 saturated carbocycles. The third kappa shape index (κ3) is 4.51. The van der Waals surface area contributed by atoms with Crippen molar-refractivity contribution >= 4 is 21.6 Å². The molecule has 1 amide bonds. The Kier molecular flexibility index (Phi) is 5.55. The summed E-state index contributed by atoms with van der Waals surface area (Å²) < 4.78 is 36.6. The van der Waals surface area contributed by atoms with Gasteiger partial charge in [0.2, 0.25) is 16.8 Å². The molecule has 0 saturated heterocycles. The zero-order valence-electron chi connectivity index (χ0n) is 15.3. The molecule has 27 heavy (non-hydrogen) atoms. The fourth-order valence-corrected chi connectivity index (χ4v) is 3.37. The number of hydrogen-bond donors (Lipinski definition) is 1. The number of amides is 1. The van der Waals surface area contributed by atoms with E-state index in [9.17, 15) is 13.2 Å². The largest absolute Gasteiger partial charge is 0.454 e. The van der Waals surface area contributed by atoms with Crippen LogP contribution in [0.2, 0.25) is 0 Å². The van der Waals surface area contributed by atoms with Gasteiger partial charge in [-0.05, 0) is 49.7 Å². The van der Waals surface area contributed by atoms with Crippen LogP contribution >= 0.6 is 0 Å². The first-order valence-corrected chi connectivity index (χ1v) is 10.4. The summed E-state index contributed by atoms with van der Waals surface area (Å²) in [5, 5.41) is 0. The number of nitrogens with one attached hydrogen (secondary N) is 1. The number of sulfonamides is 1. The Labute approximate surface area is 158 Å². The van der Waals surface area contributed by atoms with Gasteiger partial charge in [0, 0.05) is 24.3 Å². The van der Waals surface area contributed by atoms with Crippen LogP contribution in [0.25, 0.3) is 0 Å². The lowest BCUT2D eigenvalue weighted by molar-refractivity contribution is 0.0752. The summed E-state index contributed by atoms with van der Waals surface area (Å²) in [5.74, 6) is 1.17. The number of nitrogens with zero attached hydrogens (tertiary/aromatic N) is 1. The SMILES string of the molecule is CCN(Cc1ccc2c(c1)OCO2)C(=O)c1cccc(NS(=O)(=O)CC)c1. The number of rotatable bonds is 7. The van der Waals surface area contributed by atoms with Gasteiger partial charge in [-0.1, -0.05) is 12.1 Å². The fraction of sp³-hybridized carbons (Fsp3) is 0.316. The van der Waals surface area contributed by atoms with Crippen molar-refractivity contribution < 1.29 is 22.7 Å². The van der Waals surface area contributed by atoms with Crippen molar-refractivity contribution in [3.05, 3.63) is 53.6 Å². The van der Waals surface area contributed by atoms with Gasteiger partial charge >= 0.3 is 0 Å². The number of ether oxygens (including phenoxy) is 2. The minimum Gasteiger partial charge on any atom is -0.454 e. The van der Waals surface area contributed by atoms with Gasteiger partial charge in [-0.15, -0.1) is 0 Å². The lowest BCUT2D eigenvalue weighted by atomic mass is 10.1. The van der Waals surface area contributed by atoms with E-state index in [1.165, 1.54) is 0 Å². The first-order chi connectivity index (χ1) is 12.9. The molecule has 1 aliphatic heterocycles. The lowest BCUT2D eigenvalue weighted by Crippen LogP contribution is -2.30. The van der Waals surface area contributed by atoms with Gasteiger partial charge in [0.25, 0.3) is 5.91 Å². The molecule has 2 aromatic carbocycles. The van der Waals surface area contributed by atoms with Crippen molar-refractivity contribution in [2.75, 3.05) is 23.8 Å². The van der Waals surface area contributed by atoms with Crippen molar-refractivity contribution in [3.63, 3.8) is 0 Å². The summed E-state index contributed by atoms with van der Waals surface area (Å²) in [5.41, 5.74) is 1.73. The zero-order valence-corrected chi connectivity index (χ0v) is 16.1. The standard InChI is InChI=1S/C19H22N2O5S/c1-3-21(12-14-8-9-17-18(10-14)26-13-25-17)19(22)15-6-5-7-16(11-15)20-27(23,24)4-2/h5-11,20H,3-4,12-13H2,1-2H3.